The summed E-state index contributed by atoms with van der Waals surface area (Å²) in [6.45, 7) is 0. The second-order valence-corrected chi connectivity index (χ2v) is 4.13. The van der Waals surface area contributed by atoms with Gasteiger partial charge in [-0.15, -0.1) is 0 Å². The number of aliphatic hydroxyl groups is 1. The molecule has 1 aromatic rings. The Hall–Kier alpha value is -1.56. The number of alkyl halides is 3. The predicted octanol–water partition coefficient (Wildman–Crippen LogP) is 2.22. The number of hydrogen-bond acceptors (Lipinski definition) is 2. The first-order valence-corrected chi connectivity index (χ1v) is 5.27. The van der Waals surface area contributed by atoms with Gasteiger partial charge in [-0.25, -0.2) is 0 Å². The minimum atomic E-state index is -4.46. The lowest BCUT2D eigenvalue weighted by atomic mass is 10.0. The third-order valence-corrected chi connectivity index (χ3v) is 2.47. The zero-order valence-electron chi connectivity index (χ0n) is 10.0. The van der Waals surface area contributed by atoms with Gasteiger partial charge >= 0.3 is 6.18 Å². The van der Waals surface area contributed by atoms with Gasteiger partial charge in [-0.1, -0.05) is 12.1 Å². The Labute approximate surface area is 103 Å². The summed E-state index contributed by atoms with van der Waals surface area (Å²) in [7, 11) is 3.03. The molecule has 1 atom stereocenters. The van der Waals surface area contributed by atoms with Crippen LogP contribution in [0.25, 0.3) is 0 Å². The lowest BCUT2D eigenvalue weighted by molar-refractivity contribution is -0.137. The number of rotatable bonds is 3. The second kappa shape index (κ2) is 5.39. The van der Waals surface area contributed by atoms with Gasteiger partial charge in [-0.3, -0.25) is 4.79 Å². The Kier molecular flexibility index (Phi) is 4.34. The van der Waals surface area contributed by atoms with Crippen LogP contribution in [0, 0.1) is 0 Å². The molecule has 3 nitrogen and oxygen atoms in total. The van der Waals surface area contributed by atoms with Gasteiger partial charge in [-0.05, 0) is 17.7 Å². The molecule has 1 amide bonds. The zero-order chi connectivity index (χ0) is 13.9. The van der Waals surface area contributed by atoms with Crippen LogP contribution in [0.4, 0.5) is 13.2 Å². The van der Waals surface area contributed by atoms with E-state index in [2.05, 4.69) is 0 Å². The number of benzene rings is 1. The summed E-state index contributed by atoms with van der Waals surface area (Å²) in [6.07, 6.45) is -5.93. The number of halogens is 3. The van der Waals surface area contributed by atoms with Crippen LogP contribution >= 0.6 is 0 Å². The van der Waals surface area contributed by atoms with Gasteiger partial charge in [0.25, 0.3) is 0 Å². The van der Waals surface area contributed by atoms with E-state index in [0.29, 0.717) is 0 Å². The summed E-state index contributed by atoms with van der Waals surface area (Å²) in [5.41, 5.74) is -0.753. The summed E-state index contributed by atoms with van der Waals surface area (Å²) < 4.78 is 37.4. The van der Waals surface area contributed by atoms with Gasteiger partial charge in [0, 0.05) is 14.1 Å². The molecule has 0 aliphatic rings. The molecular weight excluding hydrogens is 247 g/mol. The van der Waals surface area contributed by atoms with Crippen LogP contribution in [-0.2, 0) is 11.0 Å². The van der Waals surface area contributed by atoms with E-state index in [-0.39, 0.29) is 17.9 Å². The maximum absolute atomic E-state index is 12.5. The molecular formula is C12H14F3NO2. The molecule has 0 aliphatic carbocycles. The van der Waals surface area contributed by atoms with E-state index in [1.54, 1.807) is 0 Å². The molecule has 18 heavy (non-hydrogen) atoms. The standard InChI is InChI=1S/C12H14F3NO2/c1-16(2)11(18)7-10(17)8-4-3-5-9(6-8)12(13,14)15/h3-6,10,17H,7H2,1-2H3. The molecule has 0 heterocycles. The monoisotopic (exact) mass is 261 g/mol. The van der Waals surface area contributed by atoms with Crippen LogP contribution in [0.3, 0.4) is 0 Å². The van der Waals surface area contributed by atoms with E-state index in [1.165, 1.54) is 31.1 Å². The van der Waals surface area contributed by atoms with Gasteiger partial charge < -0.3 is 10.0 Å². The van der Waals surface area contributed by atoms with E-state index in [9.17, 15) is 23.1 Å². The zero-order valence-corrected chi connectivity index (χ0v) is 10.0. The average molecular weight is 261 g/mol. The summed E-state index contributed by atoms with van der Waals surface area (Å²) in [6, 6.07) is 4.35. The molecule has 6 heteroatoms. The predicted molar refractivity (Wildman–Crippen MR) is 59.7 cm³/mol. The number of carbonyl (C=O) groups is 1. The highest BCUT2D eigenvalue weighted by molar-refractivity contribution is 5.76. The number of carbonyl (C=O) groups excluding carboxylic acids is 1. The molecule has 0 saturated carbocycles. The quantitative estimate of drug-likeness (QED) is 0.906. The van der Waals surface area contributed by atoms with E-state index in [1.807, 2.05) is 0 Å². The van der Waals surface area contributed by atoms with Crippen LogP contribution in [0.15, 0.2) is 24.3 Å². The Morgan fingerprint density at radius 1 is 1.39 bits per heavy atom. The van der Waals surface area contributed by atoms with Crippen LogP contribution in [0.1, 0.15) is 23.7 Å². The van der Waals surface area contributed by atoms with Crippen LogP contribution in [0.2, 0.25) is 0 Å². The normalized spacial score (nSPS) is 13.2. The lowest BCUT2D eigenvalue weighted by Gasteiger charge is -2.16. The Morgan fingerprint density at radius 3 is 2.50 bits per heavy atom. The maximum Gasteiger partial charge on any atom is 0.416 e. The topological polar surface area (TPSA) is 40.5 Å². The van der Waals surface area contributed by atoms with Gasteiger partial charge in [0.15, 0.2) is 0 Å². The molecule has 1 N–H and O–H groups in total. The summed E-state index contributed by atoms with van der Waals surface area (Å²) in [5, 5.41) is 9.72. The Morgan fingerprint density at radius 2 is 2.00 bits per heavy atom. The van der Waals surface area contributed by atoms with E-state index in [4.69, 9.17) is 0 Å². The van der Waals surface area contributed by atoms with Gasteiger partial charge in [0.1, 0.15) is 0 Å². The van der Waals surface area contributed by atoms with E-state index >= 15 is 0 Å². The van der Waals surface area contributed by atoms with Crippen LogP contribution < -0.4 is 0 Å². The molecule has 1 aromatic carbocycles. The second-order valence-electron chi connectivity index (χ2n) is 4.13. The van der Waals surface area contributed by atoms with Crippen molar-refractivity contribution in [2.75, 3.05) is 14.1 Å². The van der Waals surface area contributed by atoms with Crippen molar-refractivity contribution in [1.29, 1.82) is 0 Å². The molecule has 1 unspecified atom stereocenters. The molecule has 0 aromatic heterocycles. The van der Waals surface area contributed by atoms with E-state index < -0.39 is 17.8 Å². The fourth-order valence-electron chi connectivity index (χ4n) is 1.39. The highest BCUT2D eigenvalue weighted by atomic mass is 19.4. The van der Waals surface area contributed by atoms with Crippen molar-refractivity contribution in [1.82, 2.24) is 4.90 Å². The van der Waals surface area contributed by atoms with Crippen LogP contribution in [0.5, 0.6) is 0 Å². The first-order chi connectivity index (χ1) is 8.21. The van der Waals surface area contributed by atoms with Gasteiger partial charge in [0.2, 0.25) is 5.91 Å². The van der Waals surface area contributed by atoms with Crippen molar-refractivity contribution >= 4 is 5.91 Å². The molecule has 0 fully saturated rings. The number of amides is 1. The maximum atomic E-state index is 12.5. The summed E-state index contributed by atoms with van der Waals surface area (Å²) in [4.78, 5) is 12.6. The highest BCUT2D eigenvalue weighted by Crippen LogP contribution is 2.31. The van der Waals surface area contributed by atoms with Crippen molar-refractivity contribution < 1.29 is 23.1 Å². The largest absolute Gasteiger partial charge is 0.416 e. The fourth-order valence-corrected chi connectivity index (χ4v) is 1.39. The van der Waals surface area contributed by atoms with Crippen LogP contribution in [-0.4, -0.2) is 30.0 Å². The highest BCUT2D eigenvalue weighted by Gasteiger charge is 2.31. The Bertz CT molecular complexity index is 430. The van der Waals surface area contributed by atoms with Crippen molar-refractivity contribution in [3.05, 3.63) is 35.4 Å². The fraction of sp³-hybridized carbons (Fsp3) is 0.417. The van der Waals surface area contributed by atoms with Gasteiger partial charge in [-0.2, -0.15) is 13.2 Å². The SMILES string of the molecule is CN(C)C(=O)CC(O)c1cccc(C(F)(F)F)c1. The first kappa shape index (κ1) is 14.5. The molecule has 0 aliphatic heterocycles. The van der Waals surface area contributed by atoms with E-state index in [0.717, 1.165) is 12.1 Å². The third-order valence-electron chi connectivity index (χ3n) is 2.47. The minimum absolute atomic E-state index is 0.0834. The van der Waals surface area contributed by atoms with Gasteiger partial charge in [0.05, 0.1) is 18.1 Å². The molecule has 0 saturated heterocycles. The van der Waals surface area contributed by atoms with Crippen molar-refractivity contribution in [3.8, 4) is 0 Å². The van der Waals surface area contributed by atoms with Crippen molar-refractivity contribution in [2.24, 2.45) is 0 Å². The Balaban J connectivity index is 2.87. The average Bonchev–Trinajstić information content (AvgIpc) is 2.27. The number of nitrogens with zero attached hydrogens (tertiary/aromatic N) is 1. The molecule has 100 valence electrons. The molecule has 0 radical (unpaired) electrons. The number of hydrogen-bond donors (Lipinski definition) is 1. The first-order valence-electron chi connectivity index (χ1n) is 5.27. The molecule has 1 rings (SSSR count). The smallest absolute Gasteiger partial charge is 0.388 e. The molecule has 0 bridgehead atoms. The third kappa shape index (κ3) is 3.73. The summed E-state index contributed by atoms with van der Waals surface area (Å²) >= 11 is 0. The number of aliphatic hydroxyl groups excluding tert-OH is 1. The molecule has 0 spiro atoms. The van der Waals surface area contributed by atoms with Crippen molar-refractivity contribution in [2.45, 2.75) is 18.7 Å². The summed E-state index contributed by atoms with van der Waals surface area (Å²) in [5.74, 6) is -0.347. The lowest BCUT2D eigenvalue weighted by Crippen LogP contribution is -2.23. The van der Waals surface area contributed by atoms with Crippen molar-refractivity contribution in [3.63, 3.8) is 0 Å². The minimum Gasteiger partial charge on any atom is -0.388 e.